The van der Waals surface area contributed by atoms with Crippen molar-refractivity contribution in [1.82, 2.24) is 5.32 Å². The summed E-state index contributed by atoms with van der Waals surface area (Å²) in [5, 5.41) is 7.92. The highest BCUT2D eigenvalue weighted by Crippen LogP contribution is 2.34. The van der Waals surface area contributed by atoms with Gasteiger partial charge in [0, 0.05) is 0 Å². The van der Waals surface area contributed by atoms with Gasteiger partial charge in [0.2, 0.25) is 0 Å². The molecular weight excluding hydrogens is 270 g/mol. The van der Waals surface area contributed by atoms with Gasteiger partial charge in [-0.05, 0) is 53.1 Å². The lowest BCUT2D eigenvalue weighted by molar-refractivity contribution is 0.171. The van der Waals surface area contributed by atoms with E-state index >= 15 is 0 Å². The first-order chi connectivity index (χ1) is 9.88. The number of ether oxygens (including phenoxy) is 2. The van der Waals surface area contributed by atoms with Crippen molar-refractivity contribution >= 4 is 11.3 Å². The Morgan fingerprint density at radius 2 is 2.00 bits per heavy atom. The number of hydrogen-bond acceptors (Lipinski definition) is 4. The van der Waals surface area contributed by atoms with E-state index in [1.54, 1.807) is 11.3 Å². The summed E-state index contributed by atoms with van der Waals surface area (Å²) in [6, 6.07) is 8.63. The monoisotopic (exact) mass is 289 g/mol. The number of hydrogen-bond donors (Lipinski definition) is 1. The highest BCUT2D eigenvalue weighted by atomic mass is 32.1. The molecule has 1 aliphatic heterocycles. The van der Waals surface area contributed by atoms with Gasteiger partial charge in [-0.2, -0.15) is 11.3 Å². The number of rotatable bonds is 5. The van der Waals surface area contributed by atoms with Gasteiger partial charge >= 0.3 is 0 Å². The first-order valence-electron chi connectivity index (χ1n) is 7.03. The standard InChI is InChI=1S/C16H19NO2S/c1-2-6-17-16(13-5-9-20-11-13)12-3-4-14-15(10-12)19-8-7-18-14/h3-5,9-11,16-17H,2,6-8H2,1H3. The first-order valence-corrected chi connectivity index (χ1v) is 7.98. The molecule has 20 heavy (non-hydrogen) atoms. The summed E-state index contributed by atoms with van der Waals surface area (Å²) in [5.41, 5.74) is 2.53. The molecule has 0 saturated carbocycles. The van der Waals surface area contributed by atoms with Crippen LogP contribution in [0.2, 0.25) is 0 Å². The van der Waals surface area contributed by atoms with Crippen molar-refractivity contribution in [3.63, 3.8) is 0 Å². The molecule has 2 heterocycles. The van der Waals surface area contributed by atoms with Crippen molar-refractivity contribution in [2.24, 2.45) is 0 Å². The Bertz CT molecular complexity index is 554. The average Bonchev–Trinajstić information content (AvgIpc) is 3.02. The van der Waals surface area contributed by atoms with Gasteiger partial charge in [0.1, 0.15) is 13.2 Å². The Labute approximate surface area is 123 Å². The van der Waals surface area contributed by atoms with Gasteiger partial charge in [-0.15, -0.1) is 0 Å². The fourth-order valence-corrected chi connectivity index (χ4v) is 3.08. The van der Waals surface area contributed by atoms with Crippen LogP contribution in [0.5, 0.6) is 11.5 Å². The van der Waals surface area contributed by atoms with Crippen molar-refractivity contribution in [2.45, 2.75) is 19.4 Å². The lowest BCUT2D eigenvalue weighted by Crippen LogP contribution is -2.23. The largest absolute Gasteiger partial charge is 0.486 e. The van der Waals surface area contributed by atoms with Gasteiger partial charge in [-0.3, -0.25) is 0 Å². The highest BCUT2D eigenvalue weighted by molar-refractivity contribution is 7.08. The Morgan fingerprint density at radius 3 is 2.75 bits per heavy atom. The third-order valence-electron chi connectivity index (χ3n) is 3.37. The van der Waals surface area contributed by atoms with E-state index in [0.717, 1.165) is 24.5 Å². The minimum atomic E-state index is 0.219. The molecule has 2 aromatic rings. The zero-order valence-electron chi connectivity index (χ0n) is 11.6. The predicted molar refractivity (Wildman–Crippen MR) is 81.9 cm³/mol. The van der Waals surface area contributed by atoms with Gasteiger partial charge < -0.3 is 14.8 Å². The molecule has 1 unspecified atom stereocenters. The van der Waals surface area contributed by atoms with Crippen LogP contribution in [-0.2, 0) is 0 Å². The molecule has 1 N–H and O–H groups in total. The minimum absolute atomic E-state index is 0.219. The lowest BCUT2D eigenvalue weighted by Gasteiger charge is -2.22. The molecule has 0 bridgehead atoms. The first kappa shape index (κ1) is 13.5. The van der Waals surface area contributed by atoms with E-state index in [1.807, 2.05) is 6.07 Å². The van der Waals surface area contributed by atoms with E-state index in [2.05, 4.69) is 41.2 Å². The number of benzene rings is 1. The van der Waals surface area contributed by atoms with Crippen LogP contribution in [-0.4, -0.2) is 19.8 Å². The van der Waals surface area contributed by atoms with E-state index in [-0.39, 0.29) is 6.04 Å². The third-order valence-corrected chi connectivity index (χ3v) is 4.08. The molecule has 0 spiro atoms. The van der Waals surface area contributed by atoms with Crippen LogP contribution < -0.4 is 14.8 Å². The van der Waals surface area contributed by atoms with Crippen LogP contribution in [0.15, 0.2) is 35.0 Å². The van der Waals surface area contributed by atoms with Crippen LogP contribution in [0.3, 0.4) is 0 Å². The second kappa shape index (κ2) is 6.29. The molecule has 4 heteroatoms. The average molecular weight is 289 g/mol. The molecule has 0 aliphatic carbocycles. The summed E-state index contributed by atoms with van der Waals surface area (Å²) in [6.45, 7) is 4.44. The van der Waals surface area contributed by atoms with Gasteiger partial charge in [0.25, 0.3) is 0 Å². The fourth-order valence-electron chi connectivity index (χ4n) is 2.40. The topological polar surface area (TPSA) is 30.5 Å². The Morgan fingerprint density at radius 1 is 1.15 bits per heavy atom. The third kappa shape index (κ3) is 2.81. The second-order valence-corrected chi connectivity index (χ2v) is 5.63. The number of nitrogens with one attached hydrogen (secondary N) is 1. The summed E-state index contributed by atoms with van der Waals surface area (Å²) in [5.74, 6) is 1.70. The normalized spacial score (nSPS) is 15.1. The molecule has 1 aromatic carbocycles. The van der Waals surface area contributed by atoms with Crippen molar-refractivity contribution in [3.8, 4) is 11.5 Å². The van der Waals surface area contributed by atoms with Crippen molar-refractivity contribution in [3.05, 3.63) is 46.2 Å². The van der Waals surface area contributed by atoms with E-state index in [4.69, 9.17) is 9.47 Å². The van der Waals surface area contributed by atoms with Crippen LogP contribution in [0, 0.1) is 0 Å². The molecule has 3 rings (SSSR count). The smallest absolute Gasteiger partial charge is 0.161 e. The zero-order chi connectivity index (χ0) is 13.8. The van der Waals surface area contributed by atoms with E-state index in [0.29, 0.717) is 13.2 Å². The Kier molecular flexibility index (Phi) is 4.23. The predicted octanol–water partition coefficient (Wildman–Crippen LogP) is 3.61. The fraction of sp³-hybridized carbons (Fsp3) is 0.375. The molecule has 0 saturated heterocycles. The number of thiophene rings is 1. The van der Waals surface area contributed by atoms with Crippen molar-refractivity contribution in [2.75, 3.05) is 19.8 Å². The SMILES string of the molecule is CCCNC(c1ccsc1)c1ccc2c(c1)OCCO2. The van der Waals surface area contributed by atoms with Crippen molar-refractivity contribution < 1.29 is 9.47 Å². The molecule has 0 fully saturated rings. The summed E-state index contributed by atoms with van der Waals surface area (Å²) in [6.07, 6.45) is 1.12. The molecule has 0 amide bonds. The van der Waals surface area contributed by atoms with Crippen molar-refractivity contribution in [1.29, 1.82) is 0 Å². The molecular formula is C16H19NO2S. The van der Waals surface area contributed by atoms with Gasteiger partial charge in [0.05, 0.1) is 6.04 Å². The maximum Gasteiger partial charge on any atom is 0.161 e. The molecule has 3 nitrogen and oxygen atoms in total. The molecule has 106 valence electrons. The lowest BCUT2D eigenvalue weighted by atomic mass is 10.0. The zero-order valence-corrected chi connectivity index (χ0v) is 12.4. The van der Waals surface area contributed by atoms with Gasteiger partial charge in [-0.1, -0.05) is 13.0 Å². The van der Waals surface area contributed by atoms with Crippen LogP contribution in [0.25, 0.3) is 0 Å². The summed E-state index contributed by atoms with van der Waals surface area (Å²) < 4.78 is 11.3. The summed E-state index contributed by atoms with van der Waals surface area (Å²) >= 11 is 1.73. The highest BCUT2D eigenvalue weighted by Gasteiger charge is 2.18. The summed E-state index contributed by atoms with van der Waals surface area (Å²) in [7, 11) is 0. The minimum Gasteiger partial charge on any atom is -0.486 e. The molecule has 0 radical (unpaired) electrons. The van der Waals surface area contributed by atoms with Gasteiger partial charge in [0.15, 0.2) is 11.5 Å². The Hall–Kier alpha value is -1.52. The Balaban J connectivity index is 1.90. The second-order valence-electron chi connectivity index (χ2n) is 4.85. The van der Waals surface area contributed by atoms with Gasteiger partial charge in [-0.25, -0.2) is 0 Å². The van der Waals surface area contributed by atoms with Crippen LogP contribution in [0.4, 0.5) is 0 Å². The van der Waals surface area contributed by atoms with E-state index in [1.165, 1.54) is 11.1 Å². The van der Waals surface area contributed by atoms with Crippen LogP contribution >= 0.6 is 11.3 Å². The number of fused-ring (bicyclic) bond motifs is 1. The van der Waals surface area contributed by atoms with E-state index in [9.17, 15) is 0 Å². The van der Waals surface area contributed by atoms with E-state index < -0.39 is 0 Å². The molecule has 1 atom stereocenters. The molecule has 1 aromatic heterocycles. The summed E-state index contributed by atoms with van der Waals surface area (Å²) in [4.78, 5) is 0. The molecule has 1 aliphatic rings. The quantitative estimate of drug-likeness (QED) is 0.912. The maximum atomic E-state index is 5.69. The maximum absolute atomic E-state index is 5.69. The van der Waals surface area contributed by atoms with Crippen LogP contribution in [0.1, 0.15) is 30.5 Å².